The van der Waals surface area contributed by atoms with Crippen LogP contribution < -0.4 is 9.80 Å². The van der Waals surface area contributed by atoms with Gasteiger partial charge in [-0.15, -0.1) is 0 Å². The number of benzene rings is 11. The highest BCUT2D eigenvalue weighted by Crippen LogP contribution is 2.55. The van der Waals surface area contributed by atoms with Gasteiger partial charge in [0.05, 0.1) is 22.7 Å². The van der Waals surface area contributed by atoms with Gasteiger partial charge in [0.2, 0.25) is 0 Å². The fraction of sp³-hybridized carbons (Fsp3) is 0.244. The van der Waals surface area contributed by atoms with Gasteiger partial charge in [-0.25, -0.2) is 0 Å². The van der Waals surface area contributed by atoms with Crippen LogP contribution in [0.2, 0.25) is 0 Å². The first-order chi connectivity index (χ1) is 41.1. The van der Waals surface area contributed by atoms with Crippen molar-refractivity contribution in [3.05, 3.63) is 261 Å². The average molecular weight is 1100 g/mol. The van der Waals surface area contributed by atoms with Crippen LogP contribution in [0.5, 0.6) is 0 Å². The van der Waals surface area contributed by atoms with Crippen molar-refractivity contribution in [2.45, 2.75) is 132 Å². The summed E-state index contributed by atoms with van der Waals surface area (Å²) in [6.45, 7) is 18.3. The Labute approximate surface area is 501 Å². The topological polar surface area (TPSA) is 6.48 Å². The monoisotopic (exact) mass is 1100 g/mol. The predicted molar refractivity (Wildman–Crippen MR) is 370 cm³/mol. The van der Waals surface area contributed by atoms with E-state index in [1.54, 1.807) is 0 Å². The minimum Gasteiger partial charge on any atom is -0.309 e. The molecule has 0 spiro atoms. The first kappa shape index (κ1) is 57.4. The lowest BCUT2D eigenvalue weighted by Crippen LogP contribution is -2.19. The van der Waals surface area contributed by atoms with Gasteiger partial charge in [0.15, 0.2) is 0 Å². The molecule has 2 nitrogen and oxygen atoms in total. The number of aryl methyl sites for hydroxylation is 8. The van der Waals surface area contributed by atoms with E-state index in [0.717, 1.165) is 88.4 Å². The van der Waals surface area contributed by atoms with Crippen molar-refractivity contribution in [3.63, 3.8) is 0 Å². The van der Waals surface area contributed by atoms with Crippen molar-refractivity contribution in [1.29, 1.82) is 0 Å². The summed E-state index contributed by atoms with van der Waals surface area (Å²) in [6.07, 6.45) is 21.9. The molecule has 0 aliphatic rings. The quantitative estimate of drug-likeness (QED) is 0.0379. The van der Waals surface area contributed by atoms with Crippen LogP contribution in [0.4, 0.5) is 34.1 Å². The minimum absolute atomic E-state index is 0.999. The molecule has 0 saturated carbocycles. The molecule has 11 rings (SSSR count). The predicted octanol–water partition coefficient (Wildman–Crippen LogP) is 24.2. The van der Waals surface area contributed by atoms with Gasteiger partial charge in [0, 0.05) is 32.9 Å². The second-order valence-electron chi connectivity index (χ2n) is 23.8. The number of nitrogens with zero attached hydrogens (tertiary/aromatic N) is 2. The zero-order chi connectivity index (χ0) is 58.1. The number of fused-ring (bicyclic) bond motifs is 4. The maximum absolute atomic E-state index is 2.73. The van der Waals surface area contributed by atoms with Crippen molar-refractivity contribution in [2.75, 3.05) is 9.80 Å². The van der Waals surface area contributed by atoms with Crippen molar-refractivity contribution in [2.24, 2.45) is 0 Å². The van der Waals surface area contributed by atoms with E-state index in [2.05, 4.69) is 284 Å². The fourth-order valence-electron chi connectivity index (χ4n) is 12.7. The Morgan fingerprint density at radius 3 is 0.774 bits per heavy atom. The molecule has 0 N–H and O–H groups in total. The van der Waals surface area contributed by atoms with Crippen molar-refractivity contribution < 1.29 is 0 Å². The minimum atomic E-state index is 0.999. The highest BCUT2D eigenvalue weighted by molar-refractivity contribution is 6.27. The lowest BCUT2D eigenvalue weighted by molar-refractivity contribution is 0.779. The van der Waals surface area contributed by atoms with Crippen molar-refractivity contribution >= 4 is 102 Å². The maximum Gasteiger partial charge on any atom is 0.0620 e. The summed E-state index contributed by atoms with van der Waals surface area (Å²) < 4.78 is 0. The second-order valence-corrected chi connectivity index (χ2v) is 23.8. The van der Waals surface area contributed by atoms with Gasteiger partial charge in [-0.3, -0.25) is 0 Å². The Morgan fingerprint density at radius 2 is 0.524 bits per heavy atom. The Bertz CT molecular complexity index is 3710. The number of anilines is 6. The van der Waals surface area contributed by atoms with E-state index in [1.807, 2.05) is 0 Å². The van der Waals surface area contributed by atoms with E-state index in [0.29, 0.717) is 0 Å². The van der Waals surface area contributed by atoms with Gasteiger partial charge < -0.3 is 9.80 Å². The number of rotatable bonds is 22. The molecular weight excluding hydrogens is 1010 g/mol. The molecule has 0 saturated heterocycles. The Hall–Kier alpha value is -8.46. The number of hydrogen-bond donors (Lipinski definition) is 0. The van der Waals surface area contributed by atoms with Gasteiger partial charge in [-0.05, 0) is 194 Å². The SMILES string of the molecule is CCCCc1cc(C)cc(CCCC)c1N(c1ccc(/C=C/c2ccc(C)cc2)cc1)c1c2cc3ccccc3cc2c(N(c2ccc(/C=C/c3ccc(C)cc3)cc2)c2c(CCCC)cc(C)cc2CCCC)c2cc3ccccc3cc12. The average Bonchev–Trinajstić information content (AvgIpc) is 1.51. The third-order valence-corrected chi connectivity index (χ3v) is 17.1. The number of hydrogen-bond acceptors (Lipinski definition) is 2. The summed E-state index contributed by atoms with van der Waals surface area (Å²) in [5.41, 5.74) is 23.0. The molecule has 11 aromatic rings. The van der Waals surface area contributed by atoms with Crippen LogP contribution >= 0.6 is 0 Å². The fourth-order valence-corrected chi connectivity index (χ4v) is 12.7. The molecular formula is C82H84N2. The van der Waals surface area contributed by atoms with Gasteiger partial charge >= 0.3 is 0 Å². The Morgan fingerprint density at radius 1 is 0.274 bits per heavy atom. The largest absolute Gasteiger partial charge is 0.309 e. The molecule has 11 aromatic carbocycles. The third-order valence-electron chi connectivity index (χ3n) is 17.1. The molecule has 2 heteroatoms. The lowest BCUT2D eigenvalue weighted by Gasteiger charge is -2.36. The van der Waals surface area contributed by atoms with E-state index in [-0.39, 0.29) is 0 Å². The molecule has 84 heavy (non-hydrogen) atoms. The zero-order valence-corrected chi connectivity index (χ0v) is 51.2. The Balaban J connectivity index is 1.28. The van der Waals surface area contributed by atoms with Crippen molar-refractivity contribution in [1.82, 2.24) is 0 Å². The molecule has 0 radical (unpaired) electrons. The molecule has 0 heterocycles. The van der Waals surface area contributed by atoms with Crippen LogP contribution in [0.1, 0.15) is 146 Å². The summed E-state index contributed by atoms with van der Waals surface area (Å²) in [5.74, 6) is 0. The summed E-state index contributed by atoms with van der Waals surface area (Å²) in [6, 6.07) is 74.8. The molecule has 0 aromatic heterocycles. The molecule has 0 amide bonds. The van der Waals surface area contributed by atoms with E-state index >= 15 is 0 Å². The molecule has 422 valence electrons. The van der Waals surface area contributed by atoms with Crippen LogP contribution in [0.3, 0.4) is 0 Å². The maximum atomic E-state index is 2.73. The third kappa shape index (κ3) is 12.6. The number of unbranched alkanes of at least 4 members (excludes halogenated alkanes) is 4. The molecule has 0 unspecified atom stereocenters. The van der Waals surface area contributed by atoms with Crippen LogP contribution in [0, 0.1) is 27.7 Å². The standard InChI is InChI=1S/C82H84N2/c1-9-13-21-69-49-59(7)50-70(22-14-10-2)79(69)83(73-45-41-63(42-46-73)39-37-61-33-29-57(5)30-34-61)81-75-53-65-25-17-19-27-67(65)55-77(75)82(78-56-68-28-20-18-26-66(68)54-76(78)81)84(80-71(23-15-11-3)51-60(8)52-72(80)24-16-12-4)74-47-43-64(44-48-74)40-38-62-35-31-58(6)32-36-62/h17-20,25-56H,9-16,21-24H2,1-8H3/b39-37+,40-38+. The van der Waals surface area contributed by atoms with Gasteiger partial charge in [0.25, 0.3) is 0 Å². The summed E-state index contributed by atoms with van der Waals surface area (Å²) in [4.78, 5) is 5.46. The van der Waals surface area contributed by atoms with Crippen LogP contribution in [-0.4, -0.2) is 0 Å². The molecule has 0 fully saturated rings. The van der Waals surface area contributed by atoms with Crippen LogP contribution in [0.25, 0.3) is 67.4 Å². The van der Waals surface area contributed by atoms with Gasteiger partial charge in [0.1, 0.15) is 0 Å². The van der Waals surface area contributed by atoms with Crippen LogP contribution in [0.15, 0.2) is 194 Å². The smallest absolute Gasteiger partial charge is 0.0620 e. The van der Waals surface area contributed by atoms with Gasteiger partial charge in [-0.2, -0.15) is 0 Å². The summed E-state index contributed by atoms with van der Waals surface area (Å²) >= 11 is 0. The lowest BCUT2D eigenvalue weighted by atomic mass is 9.89. The van der Waals surface area contributed by atoms with E-state index in [4.69, 9.17) is 0 Å². The normalized spacial score (nSPS) is 11.8. The van der Waals surface area contributed by atoms with Crippen molar-refractivity contribution in [3.8, 4) is 0 Å². The summed E-state index contributed by atoms with van der Waals surface area (Å²) in [5, 5.41) is 9.86. The summed E-state index contributed by atoms with van der Waals surface area (Å²) in [7, 11) is 0. The van der Waals surface area contributed by atoms with E-state index in [9.17, 15) is 0 Å². The van der Waals surface area contributed by atoms with E-state index < -0.39 is 0 Å². The molecule has 0 atom stereocenters. The highest BCUT2D eigenvalue weighted by atomic mass is 15.2. The van der Waals surface area contributed by atoms with Gasteiger partial charge in [-0.1, -0.05) is 246 Å². The van der Waals surface area contributed by atoms with E-state index in [1.165, 1.54) is 133 Å². The molecule has 0 aliphatic carbocycles. The molecule has 0 aliphatic heterocycles. The highest BCUT2D eigenvalue weighted by Gasteiger charge is 2.31. The second kappa shape index (κ2) is 26.4. The zero-order valence-electron chi connectivity index (χ0n) is 51.2. The molecule has 0 bridgehead atoms. The first-order valence-electron chi connectivity index (χ1n) is 31.5. The first-order valence-corrected chi connectivity index (χ1v) is 31.5. The Kier molecular flexibility index (Phi) is 18.0. The van der Waals surface area contributed by atoms with Crippen LogP contribution in [-0.2, 0) is 25.7 Å².